The number of benzene rings is 1. The molecule has 2 atom stereocenters. The van der Waals surface area contributed by atoms with Crippen LogP contribution in [0.15, 0.2) is 18.2 Å². The topological polar surface area (TPSA) is 12.0 Å². The summed E-state index contributed by atoms with van der Waals surface area (Å²) in [6.45, 7) is 3.15. The molecule has 0 aliphatic heterocycles. The van der Waals surface area contributed by atoms with Gasteiger partial charge in [0.2, 0.25) is 0 Å². The van der Waals surface area contributed by atoms with E-state index in [4.69, 9.17) is 11.6 Å². The van der Waals surface area contributed by atoms with E-state index < -0.39 is 0 Å². The first kappa shape index (κ1) is 12.8. The molecule has 1 aliphatic carbocycles. The standard InChI is InChI=1S/C14H19ClFN/c1-2-17-14-5-3-4-11(14)8-10-6-7-12(16)9-13(10)15/h6-7,9,11,14,17H,2-5,8H2,1H3. The van der Waals surface area contributed by atoms with Gasteiger partial charge in [-0.25, -0.2) is 4.39 Å². The molecule has 0 heterocycles. The van der Waals surface area contributed by atoms with Gasteiger partial charge in [0, 0.05) is 11.1 Å². The largest absolute Gasteiger partial charge is 0.314 e. The lowest BCUT2D eigenvalue weighted by Gasteiger charge is -2.20. The molecule has 2 unspecified atom stereocenters. The van der Waals surface area contributed by atoms with Crippen LogP contribution in [0.1, 0.15) is 31.7 Å². The summed E-state index contributed by atoms with van der Waals surface area (Å²) in [5.74, 6) is 0.381. The zero-order valence-corrected chi connectivity index (χ0v) is 10.9. The summed E-state index contributed by atoms with van der Waals surface area (Å²) in [6, 6.07) is 5.33. The van der Waals surface area contributed by atoms with Crippen molar-refractivity contribution in [3.63, 3.8) is 0 Å². The lowest BCUT2D eigenvalue weighted by atomic mass is 9.94. The van der Waals surface area contributed by atoms with Crippen molar-refractivity contribution in [2.75, 3.05) is 6.54 Å². The molecule has 0 amide bonds. The maximum absolute atomic E-state index is 13.0. The summed E-state index contributed by atoms with van der Waals surface area (Å²) >= 11 is 6.07. The minimum Gasteiger partial charge on any atom is -0.314 e. The average Bonchev–Trinajstić information content (AvgIpc) is 2.71. The van der Waals surface area contributed by atoms with Crippen molar-refractivity contribution in [3.05, 3.63) is 34.6 Å². The summed E-state index contributed by atoms with van der Waals surface area (Å²) in [7, 11) is 0. The second-order valence-corrected chi connectivity index (χ2v) is 5.20. The average molecular weight is 256 g/mol. The fourth-order valence-electron chi connectivity index (χ4n) is 2.78. The number of halogens is 2. The number of hydrogen-bond donors (Lipinski definition) is 1. The first-order valence-electron chi connectivity index (χ1n) is 6.38. The second-order valence-electron chi connectivity index (χ2n) is 4.80. The Morgan fingerprint density at radius 3 is 2.94 bits per heavy atom. The number of rotatable bonds is 4. The Hall–Kier alpha value is -0.600. The lowest BCUT2D eigenvalue weighted by molar-refractivity contribution is 0.406. The maximum atomic E-state index is 13.0. The van der Waals surface area contributed by atoms with Crippen molar-refractivity contribution in [1.29, 1.82) is 0 Å². The number of nitrogens with one attached hydrogen (secondary N) is 1. The third-order valence-electron chi connectivity index (χ3n) is 3.62. The van der Waals surface area contributed by atoms with Gasteiger partial charge in [-0.3, -0.25) is 0 Å². The van der Waals surface area contributed by atoms with Gasteiger partial charge in [0.1, 0.15) is 5.82 Å². The van der Waals surface area contributed by atoms with Gasteiger partial charge in [-0.2, -0.15) is 0 Å². The molecule has 0 spiro atoms. The van der Waals surface area contributed by atoms with E-state index in [0.717, 1.165) is 18.5 Å². The van der Waals surface area contributed by atoms with Gasteiger partial charge in [-0.1, -0.05) is 31.0 Å². The zero-order valence-electron chi connectivity index (χ0n) is 10.2. The van der Waals surface area contributed by atoms with Crippen LogP contribution < -0.4 is 5.32 Å². The predicted molar refractivity (Wildman–Crippen MR) is 69.9 cm³/mol. The van der Waals surface area contributed by atoms with E-state index in [0.29, 0.717) is 17.0 Å². The summed E-state index contributed by atoms with van der Waals surface area (Å²) < 4.78 is 13.0. The lowest BCUT2D eigenvalue weighted by Crippen LogP contribution is -2.33. The van der Waals surface area contributed by atoms with Crippen LogP contribution in [0.25, 0.3) is 0 Å². The molecular weight excluding hydrogens is 237 g/mol. The van der Waals surface area contributed by atoms with Gasteiger partial charge in [-0.05, 0) is 49.4 Å². The van der Waals surface area contributed by atoms with E-state index in [-0.39, 0.29) is 5.82 Å². The molecule has 1 aromatic carbocycles. The van der Waals surface area contributed by atoms with Crippen LogP contribution in [0.2, 0.25) is 5.02 Å². The highest BCUT2D eigenvalue weighted by atomic mass is 35.5. The Bertz CT molecular complexity index is 380. The molecule has 1 saturated carbocycles. The maximum Gasteiger partial charge on any atom is 0.124 e. The normalized spacial score (nSPS) is 24.2. The monoisotopic (exact) mass is 255 g/mol. The first-order valence-corrected chi connectivity index (χ1v) is 6.75. The molecular formula is C14H19ClFN. The third kappa shape index (κ3) is 3.20. The van der Waals surface area contributed by atoms with Gasteiger partial charge in [0.05, 0.1) is 0 Å². The molecule has 3 heteroatoms. The molecule has 1 aliphatic rings. The minimum atomic E-state index is -0.256. The quantitative estimate of drug-likeness (QED) is 0.863. The Morgan fingerprint density at radius 1 is 1.41 bits per heavy atom. The smallest absolute Gasteiger partial charge is 0.124 e. The van der Waals surface area contributed by atoms with E-state index in [2.05, 4.69) is 12.2 Å². The molecule has 1 N–H and O–H groups in total. The van der Waals surface area contributed by atoms with E-state index >= 15 is 0 Å². The van der Waals surface area contributed by atoms with Crippen LogP contribution >= 0.6 is 11.6 Å². The summed E-state index contributed by atoms with van der Waals surface area (Å²) in [6.07, 6.45) is 4.72. The molecule has 1 aromatic rings. The molecule has 0 radical (unpaired) electrons. The van der Waals surface area contributed by atoms with Crippen LogP contribution in [0, 0.1) is 11.7 Å². The van der Waals surface area contributed by atoms with E-state index in [1.165, 1.54) is 31.4 Å². The minimum absolute atomic E-state index is 0.256. The zero-order chi connectivity index (χ0) is 12.3. The molecule has 1 fully saturated rings. The van der Waals surface area contributed by atoms with Crippen LogP contribution in [-0.2, 0) is 6.42 Å². The molecule has 0 aromatic heterocycles. The molecule has 1 nitrogen and oxygen atoms in total. The van der Waals surface area contributed by atoms with Gasteiger partial charge in [0.15, 0.2) is 0 Å². The highest BCUT2D eigenvalue weighted by Gasteiger charge is 2.26. The molecule has 2 rings (SSSR count). The summed E-state index contributed by atoms with van der Waals surface area (Å²) in [5.41, 5.74) is 1.07. The Balaban J connectivity index is 2.04. The highest BCUT2D eigenvalue weighted by molar-refractivity contribution is 6.31. The van der Waals surface area contributed by atoms with E-state index in [1.807, 2.05) is 6.07 Å². The second kappa shape index (κ2) is 5.83. The van der Waals surface area contributed by atoms with Crippen LogP contribution in [0.4, 0.5) is 4.39 Å². The van der Waals surface area contributed by atoms with Crippen molar-refractivity contribution in [3.8, 4) is 0 Å². The Kier molecular flexibility index (Phi) is 4.41. The first-order chi connectivity index (χ1) is 8.20. The highest BCUT2D eigenvalue weighted by Crippen LogP contribution is 2.31. The van der Waals surface area contributed by atoms with Crippen molar-refractivity contribution < 1.29 is 4.39 Å². The fourth-order valence-corrected chi connectivity index (χ4v) is 3.03. The Labute approximate surface area is 107 Å². The van der Waals surface area contributed by atoms with Gasteiger partial charge in [-0.15, -0.1) is 0 Å². The van der Waals surface area contributed by atoms with Gasteiger partial charge in [0.25, 0.3) is 0 Å². The summed E-state index contributed by atoms with van der Waals surface area (Å²) in [4.78, 5) is 0. The molecule has 17 heavy (non-hydrogen) atoms. The predicted octanol–water partition coefficient (Wildman–Crippen LogP) is 3.80. The van der Waals surface area contributed by atoms with Crippen LogP contribution in [0.5, 0.6) is 0 Å². The number of hydrogen-bond acceptors (Lipinski definition) is 1. The van der Waals surface area contributed by atoms with Gasteiger partial charge >= 0.3 is 0 Å². The van der Waals surface area contributed by atoms with Crippen LogP contribution in [-0.4, -0.2) is 12.6 Å². The van der Waals surface area contributed by atoms with Gasteiger partial charge < -0.3 is 5.32 Å². The van der Waals surface area contributed by atoms with E-state index in [9.17, 15) is 4.39 Å². The van der Waals surface area contributed by atoms with Crippen molar-refractivity contribution >= 4 is 11.6 Å². The van der Waals surface area contributed by atoms with Crippen molar-refractivity contribution in [2.24, 2.45) is 5.92 Å². The summed E-state index contributed by atoms with van der Waals surface area (Å²) in [5, 5.41) is 4.09. The molecule has 94 valence electrons. The van der Waals surface area contributed by atoms with Crippen LogP contribution in [0.3, 0.4) is 0 Å². The van der Waals surface area contributed by atoms with E-state index in [1.54, 1.807) is 0 Å². The molecule has 0 bridgehead atoms. The third-order valence-corrected chi connectivity index (χ3v) is 3.97. The SMILES string of the molecule is CCNC1CCCC1Cc1ccc(F)cc1Cl. The molecule has 0 saturated heterocycles. The Morgan fingerprint density at radius 2 is 2.24 bits per heavy atom. The van der Waals surface area contributed by atoms with Crippen molar-refractivity contribution in [1.82, 2.24) is 5.32 Å². The fraction of sp³-hybridized carbons (Fsp3) is 0.571. The van der Waals surface area contributed by atoms with Crippen molar-refractivity contribution in [2.45, 2.75) is 38.6 Å².